The molecule has 12 atom stereocenters. The number of alkyl halides is 3. The van der Waals surface area contributed by atoms with Gasteiger partial charge < -0.3 is 23.7 Å². The van der Waals surface area contributed by atoms with Crippen molar-refractivity contribution in [1.82, 2.24) is 0 Å². The summed E-state index contributed by atoms with van der Waals surface area (Å²) >= 11 is 0. The van der Waals surface area contributed by atoms with Crippen LogP contribution in [-0.2, 0) is 28.5 Å². The zero-order valence-electron chi connectivity index (χ0n) is 25.2. The Morgan fingerprint density at radius 2 is 1.76 bits per heavy atom. The molecule has 0 aromatic carbocycles. The summed E-state index contributed by atoms with van der Waals surface area (Å²) in [6.45, 7) is 12.1. The lowest BCUT2D eigenvalue weighted by Crippen LogP contribution is -2.72. The Bertz CT molecular complexity index is 1070. The lowest BCUT2D eigenvalue weighted by atomic mass is 9.44. The molecule has 0 N–H and O–H groups in total. The summed E-state index contributed by atoms with van der Waals surface area (Å²) in [5.74, 6) is -0.645. The number of esters is 1. The minimum atomic E-state index is -5.06. The Hall–Kier alpha value is -0.683. The van der Waals surface area contributed by atoms with Gasteiger partial charge in [0.1, 0.15) is 11.3 Å². The first-order chi connectivity index (χ1) is 19.2. The summed E-state index contributed by atoms with van der Waals surface area (Å²) in [6.07, 6.45) is 4.66. The van der Waals surface area contributed by atoms with Gasteiger partial charge in [0.2, 0.25) is 0 Å². The molecule has 4 saturated carbocycles. The number of hydrogen-bond acceptors (Lipinski definition) is 6. The number of carbonyl (C=O) groups is 1. The maximum atomic E-state index is 13.8. The lowest BCUT2D eigenvalue weighted by Gasteiger charge is -2.63. The van der Waals surface area contributed by atoms with Crippen molar-refractivity contribution in [1.29, 1.82) is 0 Å². The van der Waals surface area contributed by atoms with E-state index in [0.717, 1.165) is 70.8 Å². The second kappa shape index (κ2) is 9.18. The fraction of sp³-hybridized carbons (Fsp3) is 0.968. The third-order valence-corrected chi connectivity index (χ3v) is 16.3. The molecule has 4 aliphatic carbocycles. The van der Waals surface area contributed by atoms with Gasteiger partial charge in [0.25, 0.3) is 0 Å². The molecule has 0 spiro atoms. The van der Waals surface area contributed by atoms with Crippen LogP contribution in [0.25, 0.3) is 0 Å². The first-order valence-corrected chi connectivity index (χ1v) is 19.5. The molecule has 0 aromatic heterocycles. The number of halogens is 3. The highest BCUT2D eigenvalue weighted by Gasteiger charge is 2.90. The molecule has 6 nitrogen and oxygen atoms in total. The second-order valence-corrected chi connectivity index (χ2v) is 21.2. The van der Waals surface area contributed by atoms with Crippen LogP contribution in [0.4, 0.5) is 13.2 Å². The first kappa shape index (κ1) is 29.1. The summed E-state index contributed by atoms with van der Waals surface area (Å²) in [5.41, 5.74) is -1.86. The van der Waals surface area contributed by atoms with E-state index in [0.29, 0.717) is 24.4 Å². The third kappa shape index (κ3) is 3.98. The van der Waals surface area contributed by atoms with Crippen molar-refractivity contribution < 1.29 is 41.7 Å². The van der Waals surface area contributed by atoms with Gasteiger partial charge in [-0.15, -0.1) is 0 Å². The molecule has 7 aliphatic rings. The van der Waals surface area contributed by atoms with Gasteiger partial charge in [0.05, 0.1) is 26.9 Å². The first-order valence-electron chi connectivity index (χ1n) is 16.0. The van der Waals surface area contributed by atoms with Gasteiger partial charge in [-0.05, 0) is 87.4 Å². The lowest BCUT2D eigenvalue weighted by molar-refractivity contribution is -0.251. The highest BCUT2D eigenvalue weighted by atomic mass is 28.3. The topological polar surface area (TPSA) is 69.8 Å². The number of carbonyl (C=O) groups excluding carboxylic acids is 1. The van der Waals surface area contributed by atoms with Gasteiger partial charge in [-0.25, -0.2) is 4.79 Å². The zero-order valence-corrected chi connectivity index (χ0v) is 26.2. The van der Waals surface area contributed by atoms with E-state index in [1.54, 1.807) is 0 Å². The SMILES string of the molecule is C[C@]12CC[C@H](OC3CCCCO3)C[C@H]1CC[C@H]1[C@@H]3[C@@H]4O[C@@H]4[C@@](OC(=O)C(F)(F)F)([C@]4([Si](C)(C)C)CO4)[C@@]3(C)CC[C@@H]12. The minimum Gasteiger partial charge on any atom is -0.446 e. The maximum Gasteiger partial charge on any atom is 0.490 e. The summed E-state index contributed by atoms with van der Waals surface area (Å²) in [4.78, 5) is 12.6. The summed E-state index contributed by atoms with van der Waals surface area (Å²) in [5, 5.41) is -0.867. The van der Waals surface area contributed by atoms with Gasteiger partial charge in [-0.1, -0.05) is 33.5 Å². The molecular formula is C31H47F3O6Si. The van der Waals surface area contributed by atoms with Gasteiger partial charge in [0.15, 0.2) is 11.9 Å². The molecule has 0 bridgehead atoms. The summed E-state index contributed by atoms with van der Waals surface area (Å²) in [6, 6.07) is 0. The van der Waals surface area contributed by atoms with Crippen molar-refractivity contribution in [2.24, 2.45) is 34.5 Å². The molecular weight excluding hydrogens is 553 g/mol. The number of epoxide rings is 2. The van der Waals surface area contributed by atoms with Gasteiger partial charge in [0, 0.05) is 17.9 Å². The van der Waals surface area contributed by atoms with Crippen LogP contribution in [0.15, 0.2) is 0 Å². The quantitative estimate of drug-likeness (QED) is 0.157. The average Bonchev–Trinajstić information content (AvgIpc) is 3.82. The molecule has 0 radical (unpaired) electrons. The van der Waals surface area contributed by atoms with Crippen molar-refractivity contribution >= 4 is 14.0 Å². The second-order valence-electron chi connectivity index (χ2n) is 15.9. The largest absolute Gasteiger partial charge is 0.490 e. The number of hydrogen-bond donors (Lipinski definition) is 0. The van der Waals surface area contributed by atoms with Gasteiger partial charge in [-0.3, -0.25) is 0 Å². The normalized spacial score (nSPS) is 52.5. The monoisotopic (exact) mass is 600 g/mol. The van der Waals surface area contributed by atoms with E-state index in [-0.39, 0.29) is 29.8 Å². The Morgan fingerprint density at radius 3 is 2.39 bits per heavy atom. The molecule has 0 amide bonds. The average molecular weight is 601 g/mol. The van der Waals surface area contributed by atoms with E-state index < -0.39 is 42.6 Å². The summed E-state index contributed by atoms with van der Waals surface area (Å²) < 4.78 is 72.0. The van der Waals surface area contributed by atoms with Crippen LogP contribution < -0.4 is 0 Å². The fourth-order valence-corrected chi connectivity index (χ4v) is 13.7. The van der Waals surface area contributed by atoms with Crippen LogP contribution >= 0.6 is 0 Å². The maximum absolute atomic E-state index is 13.8. The van der Waals surface area contributed by atoms with Crippen LogP contribution in [-0.4, -0.2) is 68.9 Å². The van der Waals surface area contributed by atoms with E-state index in [2.05, 4.69) is 33.5 Å². The smallest absolute Gasteiger partial charge is 0.446 e. The number of rotatable bonds is 5. The van der Waals surface area contributed by atoms with E-state index in [1.165, 1.54) is 0 Å². The van der Waals surface area contributed by atoms with E-state index in [4.69, 9.17) is 23.7 Å². The molecule has 3 heterocycles. The predicted octanol–water partition coefficient (Wildman–Crippen LogP) is 6.42. The van der Waals surface area contributed by atoms with Crippen LogP contribution in [0.1, 0.15) is 78.1 Å². The standard InChI is InChI=1S/C31H47F3O6Si/c1-27-13-11-19(38-22-8-6-7-15-36-22)16-18(27)9-10-20-21(27)12-14-28(2)23(20)24-25(39-24)30(28,40-26(35)31(32,33)34)29(17-37-29)41(3,4)5/h18-25H,6-17H2,1-5H3/t18-,19+,20-,21+,22?,23-,24+,25+,27+,28+,29-,30+/m1/s1. The molecule has 10 heteroatoms. The highest BCUT2D eigenvalue weighted by Crippen LogP contribution is 2.77. The fourth-order valence-electron chi connectivity index (χ4n) is 11.1. The molecule has 7 rings (SSSR count). The number of fused-ring (bicyclic) bond motifs is 7. The van der Waals surface area contributed by atoms with Gasteiger partial charge in [-0.2, -0.15) is 13.2 Å². The van der Waals surface area contributed by atoms with Crippen molar-refractivity contribution in [3.63, 3.8) is 0 Å². The van der Waals surface area contributed by atoms with Crippen molar-refractivity contribution in [2.75, 3.05) is 13.2 Å². The Kier molecular flexibility index (Phi) is 6.50. The van der Waals surface area contributed by atoms with Crippen molar-refractivity contribution in [3.05, 3.63) is 0 Å². The Morgan fingerprint density at radius 1 is 1.00 bits per heavy atom. The van der Waals surface area contributed by atoms with E-state index in [1.807, 2.05) is 0 Å². The van der Waals surface area contributed by atoms with E-state index >= 15 is 0 Å². The Labute approximate surface area is 242 Å². The Balaban J connectivity index is 1.17. The van der Waals surface area contributed by atoms with Crippen LogP contribution in [0.5, 0.6) is 0 Å². The van der Waals surface area contributed by atoms with E-state index in [9.17, 15) is 18.0 Å². The van der Waals surface area contributed by atoms with Crippen LogP contribution in [0.3, 0.4) is 0 Å². The molecule has 232 valence electrons. The molecule has 41 heavy (non-hydrogen) atoms. The van der Waals surface area contributed by atoms with Gasteiger partial charge >= 0.3 is 12.1 Å². The predicted molar refractivity (Wildman–Crippen MR) is 147 cm³/mol. The molecule has 3 saturated heterocycles. The number of ether oxygens (including phenoxy) is 5. The molecule has 7 fully saturated rings. The third-order valence-electron chi connectivity index (χ3n) is 13.2. The zero-order chi connectivity index (χ0) is 29.2. The van der Waals surface area contributed by atoms with Crippen molar-refractivity contribution in [2.45, 2.75) is 139 Å². The molecule has 0 aromatic rings. The van der Waals surface area contributed by atoms with Crippen molar-refractivity contribution in [3.8, 4) is 0 Å². The minimum absolute atomic E-state index is 0.0621. The van der Waals surface area contributed by atoms with Crippen LogP contribution in [0.2, 0.25) is 19.6 Å². The molecule has 1 unspecified atom stereocenters. The highest BCUT2D eigenvalue weighted by molar-refractivity contribution is 6.80. The molecule has 3 aliphatic heterocycles. The van der Waals surface area contributed by atoms with Crippen LogP contribution in [0, 0.1) is 34.5 Å². The summed E-state index contributed by atoms with van der Waals surface area (Å²) in [7, 11) is -2.26.